The van der Waals surface area contributed by atoms with E-state index in [0.717, 1.165) is 7.11 Å². The molecule has 1 N–H and O–H groups in total. The van der Waals surface area contributed by atoms with Crippen molar-refractivity contribution in [1.29, 1.82) is 0 Å². The van der Waals surface area contributed by atoms with E-state index in [9.17, 15) is 14.4 Å². The Morgan fingerprint density at radius 1 is 1.33 bits per heavy atom. The van der Waals surface area contributed by atoms with Gasteiger partial charge in [0.15, 0.2) is 5.41 Å². The number of rotatable bonds is 4. The highest BCUT2D eigenvalue weighted by molar-refractivity contribution is 6.06. The van der Waals surface area contributed by atoms with Crippen LogP contribution in [-0.4, -0.2) is 29.9 Å². The summed E-state index contributed by atoms with van der Waals surface area (Å²) in [4.78, 5) is 34.1. The fourth-order valence-electron chi connectivity index (χ4n) is 2.02. The van der Waals surface area contributed by atoms with Crippen LogP contribution in [0.25, 0.3) is 0 Å². The van der Waals surface area contributed by atoms with E-state index in [1.165, 1.54) is 13.8 Å². The van der Waals surface area contributed by atoms with Crippen LogP contribution in [0, 0.1) is 10.8 Å². The molecule has 0 spiro atoms. The predicted molar refractivity (Wildman–Crippen MR) is 50.1 cm³/mol. The molecule has 1 rings (SSSR count). The number of carbonyl (C=O) groups is 3. The number of aliphatic carboxylic acids is 1. The Morgan fingerprint density at radius 3 is 2.00 bits per heavy atom. The van der Waals surface area contributed by atoms with E-state index in [1.54, 1.807) is 0 Å². The van der Waals surface area contributed by atoms with Gasteiger partial charge in [-0.3, -0.25) is 14.4 Å². The second kappa shape index (κ2) is 3.32. The summed E-state index contributed by atoms with van der Waals surface area (Å²) in [5.41, 5.74) is -2.82. The number of methoxy groups -OCH3 is 1. The summed E-state index contributed by atoms with van der Waals surface area (Å²) in [5, 5.41) is 9.11. The highest BCUT2D eigenvalue weighted by Gasteiger charge is 2.68. The van der Waals surface area contributed by atoms with Gasteiger partial charge in [-0.1, -0.05) is 0 Å². The second-order valence-corrected chi connectivity index (χ2v) is 4.06. The van der Waals surface area contributed by atoms with Gasteiger partial charge >= 0.3 is 11.9 Å². The molecular weight excluding hydrogens is 200 g/mol. The fraction of sp³-hybridized carbons (Fsp3) is 0.700. The Morgan fingerprint density at radius 2 is 1.80 bits per heavy atom. The van der Waals surface area contributed by atoms with Crippen molar-refractivity contribution < 1.29 is 24.2 Å². The van der Waals surface area contributed by atoms with Crippen molar-refractivity contribution in [1.82, 2.24) is 0 Å². The number of ketones is 1. The summed E-state index contributed by atoms with van der Waals surface area (Å²) >= 11 is 0. The summed E-state index contributed by atoms with van der Waals surface area (Å²) in [6.07, 6.45) is 0.862. The van der Waals surface area contributed by atoms with Crippen LogP contribution in [-0.2, 0) is 19.1 Å². The molecule has 0 bridgehead atoms. The van der Waals surface area contributed by atoms with Crippen molar-refractivity contribution >= 4 is 17.7 Å². The van der Waals surface area contributed by atoms with Crippen molar-refractivity contribution in [3.63, 3.8) is 0 Å². The molecule has 0 aromatic heterocycles. The Bertz CT molecular complexity index is 329. The minimum Gasteiger partial charge on any atom is -0.480 e. The molecular formula is C10H14O5. The molecule has 0 saturated heterocycles. The third kappa shape index (κ3) is 1.33. The van der Waals surface area contributed by atoms with E-state index >= 15 is 0 Å². The topological polar surface area (TPSA) is 80.7 Å². The number of hydrogen-bond acceptors (Lipinski definition) is 4. The summed E-state index contributed by atoms with van der Waals surface area (Å²) in [7, 11) is 1.12. The van der Waals surface area contributed by atoms with Gasteiger partial charge in [-0.15, -0.1) is 0 Å². The van der Waals surface area contributed by atoms with Crippen molar-refractivity contribution in [3.05, 3.63) is 0 Å². The molecule has 15 heavy (non-hydrogen) atoms. The predicted octanol–water partition coefficient (Wildman–Crippen LogP) is 0.619. The third-order valence-corrected chi connectivity index (χ3v) is 3.40. The minimum atomic E-state index is -1.76. The fourth-order valence-corrected chi connectivity index (χ4v) is 2.02. The van der Waals surface area contributed by atoms with E-state index in [0.29, 0.717) is 12.8 Å². The first-order chi connectivity index (χ1) is 6.83. The lowest BCUT2D eigenvalue weighted by Crippen LogP contribution is -2.48. The average molecular weight is 214 g/mol. The quantitative estimate of drug-likeness (QED) is 0.548. The monoisotopic (exact) mass is 214 g/mol. The lowest BCUT2D eigenvalue weighted by molar-refractivity contribution is -0.173. The molecule has 0 amide bonds. The van der Waals surface area contributed by atoms with Crippen molar-refractivity contribution in [2.24, 2.45) is 10.8 Å². The molecule has 0 aliphatic heterocycles. The number of carboxylic acids is 1. The highest BCUT2D eigenvalue weighted by atomic mass is 16.5. The molecule has 1 unspecified atom stereocenters. The van der Waals surface area contributed by atoms with Gasteiger partial charge in [-0.05, 0) is 26.7 Å². The number of esters is 1. The molecule has 0 aromatic rings. The van der Waals surface area contributed by atoms with Crippen LogP contribution in [0.2, 0.25) is 0 Å². The molecule has 5 nitrogen and oxygen atoms in total. The highest BCUT2D eigenvalue weighted by Crippen LogP contribution is 2.59. The normalized spacial score (nSPS) is 21.3. The molecule has 1 fully saturated rings. The zero-order valence-corrected chi connectivity index (χ0v) is 8.99. The largest absolute Gasteiger partial charge is 0.480 e. The van der Waals surface area contributed by atoms with Crippen molar-refractivity contribution in [3.8, 4) is 0 Å². The van der Waals surface area contributed by atoms with Gasteiger partial charge < -0.3 is 9.84 Å². The van der Waals surface area contributed by atoms with Crippen molar-refractivity contribution in [2.45, 2.75) is 26.7 Å². The number of carbonyl (C=O) groups excluding carboxylic acids is 2. The van der Waals surface area contributed by atoms with Crippen LogP contribution in [0.3, 0.4) is 0 Å². The molecule has 5 heteroatoms. The van der Waals surface area contributed by atoms with E-state index in [1.807, 2.05) is 0 Å². The minimum absolute atomic E-state index is 0.266. The van der Waals surface area contributed by atoms with E-state index < -0.39 is 22.8 Å². The van der Waals surface area contributed by atoms with Gasteiger partial charge in [0.1, 0.15) is 5.78 Å². The number of ether oxygens (including phenoxy) is 1. The summed E-state index contributed by atoms with van der Waals surface area (Å²) in [5.74, 6) is -2.43. The maximum atomic E-state index is 11.5. The maximum Gasteiger partial charge on any atom is 0.323 e. The van der Waals surface area contributed by atoms with E-state index in [-0.39, 0.29) is 5.78 Å². The van der Waals surface area contributed by atoms with Crippen LogP contribution >= 0.6 is 0 Å². The maximum absolute atomic E-state index is 11.5. The standard InChI is InChI=1S/C10H14O5/c1-6(11)10(4-5-10)9(2,7(12)13)8(14)15-3/h4-5H2,1-3H3,(H,12,13). The molecule has 84 valence electrons. The van der Waals surface area contributed by atoms with Crippen LogP contribution in [0.15, 0.2) is 0 Å². The van der Waals surface area contributed by atoms with Gasteiger partial charge in [0.2, 0.25) is 0 Å². The van der Waals surface area contributed by atoms with Gasteiger partial charge in [-0.25, -0.2) is 0 Å². The molecule has 1 saturated carbocycles. The number of hydrogen-bond donors (Lipinski definition) is 1. The smallest absolute Gasteiger partial charge is 0.323 e. The summed E-state index contributed by atoms with van der Waals surface area (Å²) in [6.45, 7) is 2.58. The molecule has 1 aliphatic rings. The Balaban J connectivity index is 3.19. The lowest BCUT2D eigenvalue weighted by Gasteiger charge is -2.29. The molecule has 0 heterocycles. The Labute approximate surface area is 87.4 Å². The first-order valence-corrected chi connectivity index (χ1v) is 4.66. The third-order valence-electron chi connectivity index (χ3n) is 3.40. The van der Waals surface area contributed by atoms with Gasteiger partial charge in [-0.2, -0.15) is 0 Å². The van der Waals surface area contributed by atoms with E-state index in [4.69, 9.17) is 5.11 Å². The summed E-state index contributed by atoms with van der Waals surface area (Å²) in [6, 6.07) is 0. The SMILES string of the molecule is COC(=O)C(C)(C(=O)O)C1(C(C)=O)CC1. The Hall–Kier alpha value is -1.39. The second-order valence-electron chi connectivity index (χ2n) is 4.06. The summed E-state index contributed by atoms with van der Waals surface area (Å²) < 4.78 is 4.48. The van der Waals surface area contributed by atoms with Gasteiger partial charge in [0.25, 0.3) is 0 Å². The zero-order valence-electron chi connectivity index (χ0n) is 8.99. The van der Waals surface area contributed by atoms with Crippen LogP contribution in [0.5, 0.6) is 0 Å². The Kier molecular flexibility index (Phi) is 2.59. The van der Waals surface area contributed by atoms with Crippen LogP contribution in [0.4, 0.5) is 0 Å². The van der Waals surface area contributed by atoms with Crippen LogP contribution in [0.1, 0.15) is 26.7 Å². The van der Waals surface area contributed by atoms with Gasteiger partial charge in [0, 0.05) is 0 Å². The average Bonchev–Trinajstić information content (AvgIpc) is 2.95. The van der Waals surface area contributed by atoms with Gasteiger partial charge in [0.05, 0.1) is 12.5 Å². The molecule has 1 atom stereocenters. The number of Topliss-reactive ketones (excluding diaryl/α,β-unsaturated/α-hetero) is 1. The first kappa shape index (κ1) is 11.7. The number of carboxylic acid groups (broad SMARTS) is 1. The molecule has 1 aliphatic carbocycles. The van der Waals surface area contributed by atoms with Crippen molar-refractivity contribution in [2.75, 3.05) is 7.11 Å². The zero-order chi connectivity index (χ0) is 11.9. The first-order valence-electron chi connectivity index (χ1n) is 4.66. The van der Waals surface area contributed by atoms with Crippen LogP contribution < -0.4 is 0 Å². The van der Waals surface area contributed by atoms with E-state index in [2.05, 4.69) is 4.74 Å². The molecule has 0 radical (unpaired) electrons. The lowest BCUT2D eigenvalue weighted by atomic mass is 9.72. The molecule has 0 aromatic carbocycles.